The number of benzene rings is 2. The van der Waals surface area contributed by atoms with Crippen molar-refractivity contribution in [3.63, 3.8) is 0 Å². The number of amides is 2. The number of aliphatic hydroxyl groups is 2. The number of hydrogen-bond donors (Lipinski definition) is 3. The Morgan fingerprint density at radius 2 is 1.86 bits per heavy atom. The van der Waals surface area contributed by atoms with Gasteiger partial charge in [-0.1, -0.05) is 23.7 Å². The lowest BCUT2D eigenvalue weighted by Gasteiger charge is -2.34. The van der Waals surface area contributed by atoms with Gasteiger partial charge < -0.3 is 25.3 Å². The van der Waals surface area contributed by atoms with E-state index in [9.17, 15) is 29.5 Å². The first-order chi connectivity index (χ1) is 17.8. The van der Waals surface area contributed by atoms with Gasteiger partial charge in [-0.05, 0) is 67.5 Å². The summed E-state index contributed by atoms with van der Waals surface area (Å²) in [5.74, 6) is -1.82. The molecule has 0 saturated carbocycles. The first-order valence-electron chi connectivity index (χ1n) is 12.4. The molecule has 0 unspecified atom stereocenters. The van der Waals surface area contributed by atoms with Gasteiger partial charge in [-0.15, -0.1) is 0 Å². The molecule has 2 aliphatic heterocycles. The molecule has 3 atom stereocenters. The van der Waals surface area contributed by atoms with Gasteiger partial charge in [0, 0.05) is 31.2 Å². The fourth-order valence-corrected chi connectivity index (χ4v) is 5.34. The van der Waals surface area contributed by atoms with E-state index in [1.165, 1.54) is 17.0 Å². The lowest BCUT2D eigenvalue weighted by molar-refractivity contribution is -0.153. The highest BCUT2D eigenvalue weighted by Gasteiger charge is 2.38. The number of piperidine rings is 1. The standard InChI is InChI=1S/C27H30ClFN4O4/c28-20-4-1-3-18(13-20)23-5-2-10-33(23)27(37)25(35)24(34)26(36)31-16-17-8-11-32(12-9-17)22-7-6-21(29)14-19(22)15-30/h1,3-4,6-7,13-14,17,23-25,34-35H,2,5,8-12,16H2,(H,31,36)/t23-,24-,25-/m1/s1. The van der Waals surface area contributed by atoms with E-state index in [1.54, 1.807) is 24.3 Å². The quantitative estimate of drug-likeness (QED) is 0.509. The Bertz CT molecular complexity index is 1180. The molecule has 2 heterocycles. The maximum absolute atomic E-state index is 13.4. The molecule has 0 spiro atoms. The van der Waals surface area contributed by atoms with E-state index in [-0.39, 0.29) is 24.1 Å². The fraction of sp³-hybridized carbons (Fsp3) is 0.444. The molecule has 2 aromatic rings. The molecular formula is C27H30ClFN4O4. The van der Waals surface area contributed by atoms with Crippen LogP contribution in [0.4, 0.5) is 10.1 Å². The van der Waals surface area contributed by atoms with E-state index in [0.717, 1.165) is 24.8 Å². The van der Waals surface area contributed by atoms with Crippen LogP contribution in [0.5, 0.6) is 0 Å². The summed E-state index contributed by atoms with van der Waals surface area (Å²) in [6, 6.07) is 13.1. The maximum atomic E-state index is 13.4. The van der Waals surface area contributed by atoms with Gasteiger partial charge in [-0.3, -0.25) is 9.59 Å². The molecule has 0 aromatic heterocycles. The summed E-state index contributed by atoms with van der Waals surface area (Å²) in [7, 11) is 0. The van der Waals surface area contributed by atoms with E-state index >= 15 is 0 Å². The van der Waals surface area contributed by atoms with Crippen molar-refractivity contribution in [2.24, 2.45) is 5.92 Å². The molecule has 0 radical (unpaired) electrons. The zero-order valence-corrected chi connectivity index (χ0v) is 21.1. The van der Waals surface area contributed by atoms with Crippen molar-refractivity contribution in [1.82, 2.24) is 10.2 Å². The van der Waals surface area contributed by atoms with Gasteiger partial charge in [0.1, 0.15) is 11.9 Å². The second-order valence-electron chi connectivity index (χ2n) is 9.58. The predicted molar refractivity (Wildman–Crippen MR) is 136 cm³/mol. The number of likely N-dealkylation sites (tertiary alicyclic amines) is 1. The van der Waals surface area contributed by atoms with E-state index in [4.69, 9.17) is 11.6 Å². The number of carbonyl (C=O) groups excluding carboxylic acids is 2. The minimum atomic E-state index is -1.88. The molecule has 2 amide bonds. The highest BCUT2D eigenvalue weighted by atomic mass is 35.5. The summed E-state index contributed by atoms with van der Waals surface area (Å²) >= 11 is 6.09. The summed E-state index contributed by atoms with van der Waals surface area (Å²) in [6.45, 7) is 1.96. The second kappa shape index (κ2) is 11.9. The zero-order valence-electron chi connectivity index (χ0n) is 20.3. The topological polar surface area (TPSA) is 117 Å². The lowest BCUT2D eigenvalue weighted by atomic mass is 9.95. The first kappa shape index (κ1) is 26.9. The average Bonchev–Trinajstić information content (AvgIpc) is 3.41. The molecule has 3 N–H and O–H groups in total. The van der Waals surface area contributed by atoms with Gasteiger partial charge in [0.15, 0.2) is 12.2 Å². The number of carbonyl (C=O) groups is 2. The number of hydrogen-bond acceptors (Lipinski definition) is 6. The van der Waals surface area contributed by atoms with Gasteiger partial charge in [0.25, 0.3) is 11.8 Å². The molecule has 0 aliphatic carbocycles. The molecule has 0 bridgehead atoms. The van der Waals surface area contributed by atoms with Crippen molar-refractivity contribution in [3.8, 4) is 6.07 Å². The molecule has 2 aliphatic rings. The molecule has 4 rings (SSSR count). The lowest BCUT2D eigenvalue weighted by Crippen LogP contribution is -2.51. The van der Waals surface area contributed by atoms with Gasteiger partial charge in [-0.25, -0.2) is 4.39 Å². The van der Waals surface area contributed by atoms with E-state index < -0.39 is 29.8 Å². The average molecular weight is 529 g/mol. The van der Waals surface area contributed by atoms with Crippen LogP contribution in [0.25, 0.3) is 0 Å². The summed E-state index contributed by atoms with van der Waals surface area (Å²) < 4.78 is 13.4. The minimum Gasteiger partial charge on any atom is -0.380 e. The second-order valence-corrected chi connectivity index (χ2v) is 10.0. The molecule has 8 nitrogen and oxygen atoms in total. The summed E-state index contributed by atoms with van der Waals surface area (Å²) in [6.07, 6.45) is -0.877. The summed E-state index contributed by atoms with van der Waals surface area (Å²) in [5, 5.41) is 33.4. The van der Waals surface area contributed by atoms with Crippen molar-refractivity contribution in [2.45, 2.75) is 43.9 Å². The Hall–Kier alpha value is -3.19. The highest BCUT2D eigenvalue weighted by molar-refractivity contribution is 6.30. The monoisotopic (exact) mass is 528 g/mol. The van der Waals surface area contributed by atoms with Crippen LogP contribution in [-0.2, 0) is 9.59 Å². The van der Waals surface area contributed by atoms with Gasteiger partial charge in [0.2, 0.25) is 0 Å². The van der Waals surface area contributed by atoms with Crippen LogP contribution >= 0.6 is 11.6 Å². The largest absolute Gasteiger partial charge is 0.380 e. The Labute approximate surface area is 220 Å². The SMILES string of the molecule is N#Cc1cc(F)ccc1N1CCC(CNC(=O)[C@H](O)[C@@H](O)C(=O)N2CCC[C@@H]2c2cccc(Cl)c2)CC1. The summed E-state index contributed by atoms with van der Waals surface area (Å²) in [5.41, 5.74) is 1.81. The molecule has 10 heteroatoms. The zero-order chi connectivity index (χ0) is 26.5. The number of halogens is 2. The van der Waals surface area contributed by atoms with Gasteiger partial charge in [0.05, 0.1) is 17.3 Å². The number of nitrogens with one attached hydrogen (secondary N) is 1. The third kappa shape index (κ3) is 6.21. The van der Waals surface area contributed by atoms with Gasteiger partial charge >= 0.3 is 0 Å². The molecule has 196 valence electrons. The Balaban J connectivity index is 1.27. The van der Waals surface area contributed by atoms with Crippen LogP contribution in [0.15, 0.2) is 42.5 Å². The Kier molecular flexibility index (Phi) is 8.64. The van der Waals surface area contributed by atoms with Crippen molar-refractivity contribution in [1.29, 1.82) is 5.26 Å². The molecule has 2 saturated heterocycles. The first-order valence-corrected chi connectivity index (χ1v) is 12.8. The number of nitrogens with zero attached hydrogens (tertiary/aromatic N) is 3. The minimum absolute atomic E-state index is 0.122. The number of anilines is 1. The molecular weight excluding hydrogens is 499 g/mol. The third-order valence-corrected chi connectivity index (χ3v) is 7.42. The van der Waals surface area contributed by atoms with Crippen molar-refractivity contribution in [3.05, 3.63) is 64.4 Å². The van der Waals surface area contributed by atoms with E-state index in [0.29, 0.717) is 36.8 Å². The maximum Gasteiger partial charge on any atom is 0.255 e. The van der Waals surface area contributed by atoms with Crippen LogP contribution in [0, 0.1) is 23.1 Å². The highest BCUT2D eigenvalue weighted by Crippen LogP contribution is 2.33. The molecule has 2 fully saturated rings. The smallest absolute Gasteiger partial charge is 0.255 e. The predicted octanol–water partition coefficient (Wildman–Crippen LogP) is 2.77. The summed E-state index contributed by atoms with van der Waals surface area (Å²) in [4.78, 5) is 29.0. The van der Waals surface area contributed by atoms with Gasteiger partial charge in [-0.2, -0.15) is 5.26 Å². The van der Waals surface area contributed by atoms with E-state index in [1.807, 2.05) is 17.0 Å². The third-order valence-electron chi connectivity index (χ3n) is 7.19. The fourth-order valence-electron chi connectivity index (χ4n) is 5.14. The Morgan fingerprint density at radius 1 is 1.11 bits per heavy atom. The van der Waals surface area contributed by atoms with Crippen LogP contribution in [-0.4, -0.2) is 65.3 Å². The van der Waals surface area contributed by atoms with Crippen LogP contribution in [0.2, 0.25) is 5.02 Å². The molecule has 2 aromatic carbocycles. The van der Waals surface area contributed by atoms with Crippen LogP contribution < -0.4 is 10.2 Å². The number of aliphatic hydroxyl groups excluding tert-OH is 2. The van der Waals surface area contributed by atoms with Crippen LogP contribution in [0.3, 0.4) is 0 Å². The number of nitriles is 1. The number of rotatable bonds is 7. The van der Waals surface area contributed by atoms with Crippen LogP contribution in [0.1, 0.15) is 42.9 Å². The van der Waals surface area contributed by atoms with Crippen molar-refractivity contribution < 1.29 is 24.2 Å². The normalized spacial score (nSPS) is 19.8. The van der Waals surface area contributed by atoms with Crippen molar-refractivity contribution >= 4 is 29.1 Å². The molecule has 37 heavy (non-hydrogen) atoms. The van der Waals surface area contributed by atoms with Crippen molar-refractivity contribution in [2.75, 3.05) is 31.1 Å². The Morgan fingerprint density at radius 3 is 2.57 bits per heavy atom. The van der Waals surface area contributed by atoms with E-state index in [2.05, 4.69) is 5.32 Å².